The minimum atomic E-state index is -0.250. The van der Waals surface area contributed by atoms with Gasteiger partial charge in [-0.3, -0.25) is 24.2 Å². The van der Waals surface area contributed by atoms with Gasteiger partial charge >= 0.3 is 0 Å². The van der Waals surface area contributed by atoms with E-state index in [2.05, 4.69) is 37.9 Å². The molecule has 0 aliphatic carbocycles. The Bertz CT molecular complexity index is 976. The Morgan fingerprint density at radius 1 is 1.06 bits per heavy atom. The second-order valence-electron chi connectivity index (χ2n) is 7.48. The quantitative estimate of drug-likeness (QED) is 0.501. The van der Waals surface area contributed by atoms with E-state index in [-0.39, 0.29) is 12.9 Å². The number of methoxy groups -OCH3 is 1. The number of hydrogen-bond acceptors (Lipinski definition) is 7. The van der Waals surface area contributed by atoms with E-state index in [0.29, 0.717) is 19.1 Å². The molecule has 34 heavy (non-hydrogen) atoms. The van der Waals surface area contributed by atoms with Gasteiger partial charge in [0.25, 0.3) is 12.9 Å². The first-order valence-electron chi connectivity index (χ1n) is 10.6. The fourth-order valence-electron chi connectivity index (χ4n) is 3.70. The molecule has 182 valence electrons. The van der Waals surface area contributed by atoms with Crippen LogP contribution in [0.3, 0.4) is 0 Å². The highest BCUT2D eigenvalue weighted by Gasteiger charge is 2.22. The van der Waals surface area contributed by atoms with Crippen LogP contribution in [0.25, 0.3) is 0 Å². The van der Waals surface area contributed by atoms with Crippen molar-refractivity contribution < 1.29 is 29.3 Å². The van der Waals surface area contributed by atoms with Crippen molar-refractivity contribution in [3.05, 3.63) is 77.9 Å². The molecule has 4 rings (SSSR count). The molecule has 0 fully saturated rings. The van der Waals surface area contributed by atoms with Gasteiger partial charge in [0.1, 0.15) is 5.75 Å². The van der Waals surface area contributed by atoms with Crippen LogP contribution in [-0.4, -0.2) is 63.1 Å². The standard InChI is InChI=1S/C22H26N4O2.2CH2O2/c1-27-22-6-2-4-18(10-22)12-25-13-20(14-26-21(15-25)7-9-24-26)17-28-16-19-5-3-8-23-11-19;2*2-1-3/h2-11,20H,12-17H2,1H3;2*1H,(H,2,3). The number of rotatable bonds is 7. The number of ether oxygens (including phenoxy) is 2. The number of hydrogen-bond donors (Lipinski definition) is 2. The van der Waals surface area contributed by atoms with Crippen molar-refractivity contribution in [2.45, 2.75) is 26.2 Å². The number of pyridine rings is 1. The highest BCUT2D eigenvalue weighted by atomic mass is 16.5. The van der Waals surface area contributed by atoms with Crippen molar-refractivity contribution in [1.82, 2.24) is 19.7 Å². The third kappa shape index (κ3) is 9.00. The van der Waals surface area contributed by atoms with Crippen molar-refractivity contribution in [3.8, 4) is 5.75 Å². The van der Waals surface area contributed by atoms with E-state index in [9.17, 15) is 0 Å². The summed E-state index contributed by atoms with van der Waals surface area (Å²) in [6.45, 7) is 4.39. The fourth-order valence-corrected chi connectivity index (χ4v) is 3.70. The third-order valence-electron chi connectivity index (χ3n) is 5.02. The van der Waals surface area contributed by atoms with E-state index in [4.69, 9.17) is 29.3 Å². The van der Waals surface area contributed by atoms with Gasteiger partial charge in [0.05, 0.1) is 26.0 Å². The Balaban J connectivity index is 0.000000618. The SMILES string of the molecule is COc1cccc(CN2Cc3ccnn3CC(COCc3cccnc3)C2)c1.O=CO.O=CO. The molecule has 10 heteroatoms. The molecule has 1 unspecified atom stereocenters. The molecule has 10 nitrogen and oxygen atoms in total. The molecule has 1 aliphatic rings. The number of aromatic nitrogens is 3. The zero-order valence-electron chi connectivity index (χ0n) is 19.1. The van der Waals surface area contributed by atoms with Gasteiger partial charge in [0.2, 0.25) is 0 Å². The summed E-state index contributed by atoms with van der Waals surface area (Å²) in [6, 6.07) is 14.4. The molecule has 1 aromatic carbocycles. The molecule has 0 saturated carbocycles. The highest BCUT2D eigenvalue weighted by Crippen LogP contribution is 2.20. The summed E-state index contributed by atoms with van der Waals surface area (Å²) in [7, 11) is 1.71. The zero-order valence-corrected chi connectivity index (χ0v) is 19.1. The molecule has 1 atom stereocenters. The predicted molar refractivity (Wildman–Crippen MR) is 124 cm³/mol. The van der Waals surface area contributed by atoms with Crippen LogP contribution in [0, 0.1) is 5.92 Å². The monoisotopic (exact) mass is 470 g/mol. The van der Waals surface area contributed by atoms with Crippen LogP contribution in [0.1, 0.15) is 16.8 Å². The summed E-state index contributed by atoms with van der Waals surface area (Å²) in [5.41, 5.74) is 3.60. The molecule has 0 spiro atoms. The van der Waals surface area contributed by atoms with Gasteiger partial charge in [0.15, 0.2) is 0 Å². The minimum absolute atomic E-state index is 0.250. The van der Waals surface area contributed by atoms with E-state index in [0.717, 1.165) is 37.5 Å². The smallest absolute Gasteiger partial charge is 0.290 e. The van der Waals surface area contributed by atoms with E-state index in [1.165, 1.54) is 11.3 Å². The number of carboxylic acid groups (broad SMARTS) is 2. The van der Waals surface area contributed by atoms with Crippen molar-refractivity contribution in [3.63, 3.8) is 0 Å². The lowest BCUT2D eigenvalue weighted by Crippen LogP contribution is -2.30. The Morgan fingerprint density at radius 3 is 2.53 bits per heavy atom. The zero-order chi connectivity index (χ0) is 24.6. The molecular formula is C24H30N4O6. The van der Waals surface area contributed by atoms with Crippen molar-refractivity contribution in [1.29, 1.82) is 0 Å². The van der Waals surface area contributed by atoms with Gasteiger partial charge in [-0.1, -0.05) is 18.2 Å². The Labute approximate surface area is 198 Å². The summed E-state index contributed by atoms with van der Waals surface area (Å²) in [5.74, 6) is 1.28. The topological polar surface area (TPSA) is 127 Å². The summed E-state index contributed by atoms with van der Waals surface area (Å²) in [6.07, 6.45) is 5.52. The maximum absolute atomic E-state index is 8.36. The molecule has 0 radical (unpaired) electrons. The van der Waals surface area contributed by atoms with Crippen molar-refractivity contribution >= 4 is 12.9 Å². The van der Waals surface area contributed by atoms with Crippen molar-refractivity contribution in [2.24, 2.45) is 5.92 Å². The predicted octanol–water partition coefficient (Wildman–Crippen LogP) is 2.54. The molecule has 3 heterocycles. The van der Waals surface area contributed by atoms with Crippen LogP contribution in [0.4, 0.5) is 0 Å². The minimum Gasteiger partial charge on any atom is -0.497 e. The maximum Gasteiger partial charge on any atom is 0.290 e. The Hall–Kier alpha value is -3.76. The number of carbonyl (C=O) groups is 2. The van der Waals surface area contributed by atoms with Crippen LogP contribution in [0.15, 0.2) is 61.1 Å². The molecule has 2 N–H and O–H groups in total. The second-order valence-corrected chi connectivity index (χ2v) is 7.48. The average molecular weight is 471 g/mol. The van der Waals surface area contributed by atoms with Gasteiger partial charge < -0.3 is 19.7 Å². The Morgan fingerprint density at radius 2 is 1.82 bits per heavy atom. The van der Waals surface area contributed by atoms with E-state index in [1.807, 2.05) is 36.7 Å². The lowest BCUT2D eigenvalue weighted by Gasteiger charge is -2.24. The van der Waals surface area contributed by atoms with E-state index >= 15 is 0 Å². The Kier molecular flexibility index (Phi) is 11.8. The van der Waals surface area contributed by atoms with Crippen LogP contribution in [0.5, 0.6) is 5.75 Å². The number of fused-ring (bicyclic) bond motifs is 1. The number of nitrogens with zero attached hydrogens (tertiary/aromatic N) is 4. The summed E-state index contributed by atoms with van der Waals surface area (Å²) < 4.78 is 13.5. The van der Waals surface area contributed by atoms with Gasteiger partial charge in [-0.05, 0) is 35.4 Å². The van der Waals surface area contributed by atoms with Crippen LogP contribution in [0.2, 0.25) is 0 Å². The summed E-state index contributed by atoms with van der Waals surface area (Å²) >= 11 is 0. The fraction of sp³-hybridized carbons (Fsp3) is 0.333. The van der Waals surface area contributed by atoms with Crippen LogP contribution in [-0.2, 0) is 40.6 Å². The number of benzene rings is 1. The lowest BCUT2D eigenvalue weighted by atomic mass is 10.1. The first kappa shape index (κ1) is 26.5. The third-order valence-corrected chi connectivity index (χ3v) is 5.02. The van der Waals surface area contributed by atoms with Gasteiger partial charge in [0, 0.05) is 50.7 Å². The maximum atomic E-state index is 8.36. The first-order valence-corrected chi connectivity index (χ1v) is 10.6. The summed E-state index contributed by atoms with van der Waals surface area (Å²) in [5, 5.41) is 18.3. The largest absolute Gasteiger partial charge is 0.497 e. The van der Waals surface area contributed by atoms with Crippen LogP contribution < -0.4 is 4.74 Å². The molecule has 2 aromatic heterocycles. The van der Waals surface area contributed by atoms with E-state index < -0.39 is 0 Å². The molecule has 0 bridgehead atoms. The van der Waals surface area contributed by atoms with E-state index in [1.54, 1.807) is 13.3 Å². The van der Waals surface area contributed by atoms with Crippen LogP contribution >= 0.6 is 0 Å². The molecule has 1 aliphatic heterocycles. The van der Waals surface area contributed by atoms with Crippen molar-refractivity contribution in [2.75, 3.05) is 20.3 Å². The van der Waals surface area contributed by atoms with Gasteiger partial charge in [-0.15, -0.1) is 0 Å². The second kappa shape index (κ2) is 15.1. The highest BCUT2D eigenvalue weighted by molar-refractivity contribution is 5.33. The normalized spacial score (nSPS) is 14.8. The molecule has 3 aromatic rings. The molecule has 0 saturated heterocycles. The molecule has 0 amide bonds. The summed E-state index contributed by atoms with van der Waals surface area (Å²) in [4.78, 5) is 23.3. The average Bonchev–Trinajstić information content (AvgIpc) is 3.20. The first-order chi connectivity index (χ1) is 16.6. The molecular weight excluding hydrogens is 440 g/mol. The van der Waals surface area contributed by atoms with Gasteiger partial charge in [-0.25, -0.2) is 0 Å². The lowest BCUT2D eigenvalue weighted by molar-refractivity contribution is -0.123. The van der Waals surface area contributed by atoms with Gasteiger partial charge in [-0.2, -0.15) is 5.10 Å².